The molecule has 1 rings (SSSR count). The highest BCUT2D eigenvalue weighted by Gasteiger charge is 1.97. The molecular weight excluding hydrogens is 160 g/mol. The largest absolute Gasteiger partial charge is 0.394 e. The first-order chi connectivity index (χ1) is 5.70. The third-order valence-corrected chi connectivity index (χ3v) is 0.924. The summed E-state index contributed by atoms with van der Waals surface area (Å²) >= 11 is 0. The minimum Gasteiger partial charge on any atom is -0.394 e. The standard InChI is InChI=1S/C6H4O2.C2H6O2/c7-5-1-2-6(8)4-3-5;3-1-2-4/h1-4H;3-4H,1-2H2. The molecule has 0 saturated carbocycles. The normalized spacial score (nSPS) is 14.2. The van der Waals surface area contributed by atoms with Crippen molar-refractivity contribution in [1.29, 1.82) is 0 Å². The molecule has 0 aromatic heterocycles. The Bertz CT molecular complexity index is 175. The molecule has 0 bridgehead atoms. The summed E-state index contributed by atoms with van der Waals surface area (Å²) in [5.41, 5.74) is 0. The molecule has 0 spiro atoms. The van der Waals surface area contributed by atoms with E-state index in [2.05, 4.69) is 0 Å². The Morgan fingerprint density at radius 2 is 1.08 bits per heavy atom. The van der Waals surface area contributed by atoms with Crippen LogP contribution in [0.2, 0.25) is 0 Å². The van der Waals surface area contributed by atoms with E-state index in [0.29, 0.717) is 0 Å². The van der Waals surface area contributed by atoms with Crippen molar-refractivity contribution in [2.45, 2.75) is 0 Å². The van der Waals surface area contributed by atoms with Crippen LogP contribution in [0.1, 0.15) is 0 Å². The topological polar surface area (TPSA) is 74.6 Å². The molecule has 12 heavy (non-hydrogen) atoms. The van der Waals surface area contributed by atoms with Gasteiger partial charge < -0.3 is 10.2 Å². The van der Waals surface area contributed by atoms with Gasteiger partial charge in [0.15, 0.2) is 11.6 Å². The van der Waals surface area contributed by atoms with E-state index in [4.69, 9.17) is 10.2 Å². The minimum atomic E-state index is -0.125. The Labute approximate surface area is 69.8 Å². The van der Waals surface area contributed by atoms with E-state index in [1.165, 1.54) is 24.3 Å². The molecule has 0 aliphatic heterocycles. The SMILES string of the molecule is O=C1C=CC(=O)C=C1.OCCO. The molecule has 1 aliphatic carbocycles. The zero-order valence-electron chi connectivity index (χ0n) is 6.43. The Balaban J connectivity index is 0.000000261. The van der Waals surface area contributed by atoms with Crippen LogP contribution >= 0.6 is 0 Å². The van der Waals surface area contributed by atoms with Crippen LogP contribution in [0.25, 0.3) is 0 Å². The second-order valence-corrected chi connectivity index (χ2v) is 1.92. The molecule has 0 amide bonds. The van der Waals surface area contributed by atoms with Gasteiger partial charge in [0.1, 0.15) is 0 Å². The minimum absolute atomic E-state index is 0.121. The number of hydrogen-bond donors (Lipinski definition) is 2. The second kappa shape index (κ2) is 6.45. The predicted octanol–water partition coefficient (Wildman–Crippen LogP) is -0.778. The van der Waals surface area contributed by atoms with Crippen LogP contribution in [0, 0.1) is 0 Å². The fourth-order valence-corrected chi connectivity index (χ4v) is 0.440. The van der Waals surface area contributed by atoms with Gasteiger partial charge in [0.25, 0.3) is 0 Å². The van der Waals surface area contributed by atoms with Crippen LogP contribution in [-0.4, -0.2) is 35.0 Å². The summed E-state index contributed by atoms with van der Waals surface area (Å²) in [6.45, 7) is -0.250. The molecular formula is C8H10O4. The Morgan fingerprint density at radius 3 is 1.25 bits per heavy atom. The van der Waals surface area contributed by atoms with Crippen LogP contribution < -0.4 is 0 Å². The summed E-state index contributed by atoms with van der Waals surface area (Å²) in [7, 11) is 0. The fourth-order valence-electron chi connectivity index (χ4n) is 0.440. The van der Waals surface area contributed by atoms with E-state index < -0.39 is 0 Å². The zero-order chi connectivity index (χ0) is 9.40. The third kappa shape index (κ3) is 5.52. The van der Waals surface area contributed by atoms with Crippen molar-refractivity contribution in [2.75, 3.05) is 13.2 Å². The highest BCUT2D eigenvalue weighted by Crippen LogP contribution is 1.90. The van der Waals surface area contributed by atoms with Gasteiger partial charge in [-0.3, -0.25) is 9.59 Å². The van der Waals surface area contributed by atoms with E-state index in [1.807, 2.05) is 0 Å². The molecule has 66 valence electrons. The monoisotopic (exact) mass is 170 g/mol. The van der Waals surface area contributed by atoms with Gasteiger partial charge in [-0.25, -0.2) is 0 Å². The van der Waals surface area contributed by atoms with Gasteiger partial charge in [-0.1, -0.05) is 0 Å². The summed E-state index contributed by atoms with van der Waals surface area (Å²) in [5, 5.41) is 15.2. The smallest absolute Gasteiger partial charge is 0.178 e. The summed E-state index contributed by atoms with van der Waals surface area (Å²) in [6.07, 6.45) is 5.01. The molecule has 4 nitrogen and oxygen atoms in total. The summed E-state index contributed by atoms with van der Waals surface area (Å²) < 4.78 is 0. The van der Waals surface area contributed by atoms with E-state index in [0.717, 1.165) is 0 Å². The molecule has 0 saturated heterocycles. The van der Waals surface area contributed by atoms with Crippen molar-refractivity contribution in [3.05, 3.63) is 24.3 Å². The van der Waals surface area contributed by atoms with Gasteiger partial charge in [-0.05, 0) is 24.3 Å². The molecule has 0 unspecified atom stereocenters. The average Bonchev–Trinajstić information content (AvgIpc) is 2.11. The van der Waals surface area contributed by atoms with Crippen LogP contribution in [0.5, 0.6) is 0 Å². The summed E-state index contributed by atoms with van der Waals surface area (Å²) in [6, 6.07) is 0. The van der Waals surface area contributed by atoms with E-state index in [9.17, 15) is 9.59 Å². The molecule has 0 aromatic rings. The highest BCUT2D eigenvalue weighted by molar-refractivity contribution is 6.14. The Kier molecular flexibility index (Phi) is 5.77. The number of aliphatic hydroxyl groups excluding tert-OH is 2. The van der Waals surface area contributed by atoms with Crippen LogP contribution in [0.3, 0.4) is 0 Å². The second-order valence-electron chi connectivity index (χ2n) is 1.92. The van der Waals surface area contributed by atoms with Crippen molar-refractivity contribution >= 4 is 11.6 Å². The van der Waals surface area contributed by atoms with Gasteiger partial charge in [0.2, 0.25) is 0 Å². The van der Waals surface area contributed by atoms with Crippen LogP contribution in [-0.2, 0) is 9.59 Å². The summed E-state index contributed by atoms with van der Waals surface area (Å²) in [4.78, 5) is 20.6. The van der Waals surface area contributed by atoms with Crippen LogP contribution in [0.15, 0.2) is 24.3 Å². The lowest BCUT2D eigenvalue weighted by molar-refractivity contribution is -0.113. The van der Waals surface area contributed by atoms with Gasteiger partial charge in [0, 0.05) is 0 Å². The van der Waals surface area contributed by atoms with Gasteiger partial charge in [-0.15, -0.1) is 0 Å². The van der Waals surface area contributed by atoms with Crippen molar-refractivity contribution < 1.29 is 19.8 Å². The first-order valence-electron chi connectivity index (χ1n) is 3.36. The van der Waals surface area contributed by atoms with Crippen molar-refractivity contribution in [3.63, 3.8) is 0 Å². The lowest BCUT2D eigenvalue weighted by Gasteiger charge is -1.87. The van der Waals surface area contributed by atoms with Crippen molar-refractivity contribution in [1.82, 2.24) is 0 Å². The number of hydrogen-bond acceptors (Lipinski definition) is 4. The maximum absolute atomic E-state index is 10.3. The number of ketones is 2. The Hall–Kier alpha value is -1.26. The maximum atomic E-state index is 10.3. The molecule has 2 N–H and O–H groups in total. The third-order valence-electron chi connectivity index (χ3n) is 0.924. The molecule has 1 aliphatic rings. The first kappa shape index (κ1) is 10.7. The molecule has 0 aromatic carbocycles. The molecule has 0 fully saturated rings. The van der Waals surface area contributed by atoms with E-state index in [1.54, 1.807) is 0 Å². The van der Waals surface area contributed by atoms with Crippen molar-refractivity contribution in [3.8, 4) is 0 Å². The predicted molar refractivity (Wildman–Crippen MR) is 42.5 cm³/mol. The van der Waals surface area contributed by atoms with Crippen molar-refractivity contribution in [2.24, 2.45) is 0 Å². The van der Waals surface area contributed by atoms with Gasteiger partial charge in [0.05, 0.1) is 13.2 Å². The number of aliphatic hydroxyl groups is 2. The van der Waals surface area contributed by atoms with E-state index in [-0.39, 0.29) is 24.8 Å². The molecule has 0 atom stereocenters. The number of allylic oxidation sites excluding steroid dienone is 4. The van der Waals surface area contributed by atoms with E-state index >= 15 is 0 Å². The molecule has 0 radical (unpaired) electrons. The van der Waals surface area contributed by atoms with Crippen LogP contribution in [0.4, 0.5) is 0 Å². The zero-order valence-corrected chi connectivity index (χ0v) is 6.43. The quantitative estimate of drug-likeness (QED) is 0.506. The molecule has 0 heterocycles. The lowest BCUT2D eigenvalue weighted by atomic mass is 10.2. The fraction of sp³-hybridized carbons (Fsp3) is 0.250. The number of rotatable bonds is 1. The highest BCUT2D eigenvalue weighted by atomic mass is 16.3. The Morgan fingerprint density at radius 1 is 0.833 bits per heavy atom. The lowest BCUT2D eigenvalue weighted by Crippen LogP contribution is -1.97. The van der Waals surface area contributed by atoms with Gasteiger partial charge >= 0.3 is 0 Å². The summed E-state index contributed by atoms with van der Waals surface area (Å²) in [5.74, 6) is -0.241. The maximum Gasteiger partial charge on any atom is 0.178 e. The number of carbonyl (C=O) groups excluding carboxylic acids is 2. The first-order valence-corrected chi connectivity index (χ1v) is 3.36. The van der Waals surface area contributed by atoms with Gasteiger partial charge in [-0.2, -0.15) is 0 Å². The number of carbonyl (C=O) groups is 2. The molecule has 4 heteroatoms. The average molecular weight is 170 g/mol.